The van der Waals surface area contributed by atoms with Gasteiger partial charge in [-0.2, -0.15) is 0 Å². The molecular weight excluding hydrogens is 232 g/mol. The Balaban J connectivity index is 5.11. The molecule has 0 spiro atoms. The van der Waals surface area contributed by atoms with Crippen molar-refractivity contribution >= 4 is 14.4 Å². The number of carbonyl (C=O) groups is 1. The fourth-order valence-corrected chi connectivity index (χ4v) is 4.01. The van der Waals surface area contributed by atoms with E-state index in [2.05, 4.69) is 33.9 Å². The lowest BCUT2D eigenvalue weighted by Gasteiger charge is -2.40. The van der Waals surface area contributed by atoms with Crippen LogP contribution in [0.25, 0.3) is 0 Å². The normalized spacial score (nSPS) is 15.8. The Kier molecular flexibility index (Phi) is 6.30. The van der Waals surface area contributed by atoms with E-state index in [0.29, 0.717) is 12.8 Å². The largest absolute Gasteiger partial charge is 0.396 e. The first kappa shape index (κ1) is 16.5. The predicted molar refractivity (Wildman–Crippen MR) is 73.7 cm³/mol. The lowest BCUT2D eigenvalue weighted by atomic mass is 10.2. The molecule has 0 aromatic heterocycles. The highest BCUT2D eigenvalue weighted by molar-refractivity contribution is 6.87. The van der Waals surface area contributed by atoms with E-state index in [0.717, 1.165) is 11.5 Å². The average Bonchev–Trinajstić information content (AvgIpc) is 2.20. The summed E-state index contributed by atoms with van der Waals surface area (Å²) in [5.74, 6) is 0. The standard InChI is InChI=1S/C13H26O3Si/c1-13(2,3)17(4,5)12(8-10-15)11(16)7-6-9-14/h8,10-11,14,16H,6-7,9H2,1-5H3/b12-8-. The summed E-state index contributed by atoms with van der Waals surface area (Å²) in [7, 11) is -1.87. The van der Waals surface area contributed by atoms with Crippen LogP contribution in [0.3, 0.4) is 0 Å². The van der Waals surface area contributed by atoms with Gasteiger partial charge in [0.1, 0.15) is 6.29 Å². The number of hydrogen-bond acceptors (Lipinski definition) is 3. The molecule has 0 heterocycles. The number of allylic oxidation sites excluding steroid dienone is 1. The van der Waals surface area contributed by atoms with Crippen molar-refractivity contribution in [2.45, 2.75) is 57.8 Å². The van der Waals surface area contributed by atoms with Crippen molar-refractivity contribution in [3.63, 3.8) is 0 Å². The molecule has 1 unspecified atom stereocenters. The summed E-state index contributed by atoms with van der Waals surface area (Å²) in [5, 5.41) is 19.9. The minimum absolute atomic E-state index is 0.0724. The lowest BCUT2D eigenvalue weighted by molar-refractivity contribution is -0.104. The Morgan fingerprint density at radius 3 is 2.24 bits per heavy atom. The molecule has 2 N–H and O–H groups in total. The maximum Gasteiger partial charge on any atom is 0.142 e. The van der Waals surface area contributed by atoms with Crippen LogP contribution >= 0.6 is 0 Å². The maximum absolute atomic E-state index is 10.8. The summed E-state index contributed by atoms with van der Waals surface area (Å²) >= 11 is 0. The number of aldehydes is 1. The molecule has 0 saturated heterocycles. The van der Waals surface area contributed by atoms with Gasteiger partial charge in [-0.15, -0.1) is 0 Å². The molecule has 0 amide bonds. The molecule has 0 saturated carbocycles. The van der Waals surface area contributed by atoms with E-state index in [9.17, 15) is 9.90 Å². The number of aliphatic hydroxyl groups excluding tert-OH is 2. The predicted octanol–water partition coefficient (Wildman–Crippen LogP) is 2.29. The van der Waals surface area contributed by atoms with Gasteiger partial charge in [-0.25, -0.2) is 0 Å². The highest BCUT2D eigenvalue weighted by Gasteiger charge is 2.40. The zero-order valence-corrected chi connectivity index (χ0v) is 12.7. The first-order chi connectivity index (χ1) is 7.68. The molecule has 4 heteroatoms. The third-order valence-corrected chi connectivity index (χ3v) is 9.53. The monoisotopic (exact) mass is 258 g/mol. The van der Waals surface area contributed by atoms with Crippen LogP contribution in [0.5, 0.6) is 0 Å². The third kappa shape index (κ3) is 4.37. The van der Waals surface area contributed by atoms with Gasteiger partial charge in [0, 0.05) is 6.61 Å². The van der Waals surface area contributed by atoms with Gasteiger partial charge in [-0.05, 0) is 29.2 Å². The van der Waals surface area contributed by atoms with Crippen LogP contribution in [0.4, 0.5) is 0 Å². The zero-order chi connectivity index (χ0) is 13.7. The lowest BCUT2D eigenvalue weighted by Crippen LogP contribution is -2.44. The van der Waals surface area contributed by atoms with Crippen molar-refractivity contribution in [3.8, 4) is 0 Å². The Morgan fingerprint density at radius 2 is 1.88 bits per heavy atom. The molecule has 1 atom stereocenters. The van der Waals surface area contributed by atoms with Crippen LogP contribution in [0.2, 0.25) is 18.1 Å². The number of rotatable bonds is 6. The van der Waals surface area contributed by atoms with Crippen molar-refractivity contribution < 1.29 is 15.0 Å². The Labute approximate surface area is 106 Å². The van der Waals surface area contributed by atoms with E-state index >= 15 is 0 Å². The van der Waals surface area contributed by atoms with E-state index in [1.807, 2.05) is 0 Å². The smallest absolute Gasteiger partial charge is 0.142 e. The van der Waals surface area contributed by atoms with Crippen LogP contribution in [-0.4, -0.2) is 37.3 Å². The molecular formula is C13H26O3Si. The van der Waals surface area contributed by atoms with Gasteiger partial charge in [0.25, 0.3) is 0 Å². The fraction of sp³-hybridized carbons (Fsp3) is 0.769. The molecule has 0 fully saturated rings. The fourth-order valence-electron chi connectivity index (χ4n) is 1.68. The quantitative estimate of drug-likeness (QED) is 0.436. The summed E-state index contributed by atoms with van der Waals surface area (Å²) in [6, 6.07) is 0. The van der Waals surface area contributed by atoms with Gasteiger partial charge in [0.15, 0.2) is 0 Å². The second-order valence-corrected chi connectivity index (χ2v) is 11.3. The summed E-state index contributed by atoms with van der Waals surface area (Å²) in [6.45, 7) is 10.9. The molecule has 0 rings (SSSR count). The average molecular weight is 258 g/mol. The second kappa shape index (κ2) is 6.47. The topological polar surface area (TPSA) is 57.5 Å². The second-order valence-electron chi connectivity index (χ2n) is 6.01. The summed E-state index contributed by atoms with van der Waals surface area (Å²) < 4.78 is 0. The van der Waals surface area contributed by atoms with Gasteiger partial charge in [-0.1, -0.05) is 33.9 Å². The molecule has 0 aromatic rings. The zero-order valence-electron chi connectivity index (χ0n) is 11.7. The maximum atomic E-state index is 10.8. The number of hydrogen-bond donors (Lipinski definition) is 2. The van der Waals surface area contributed by atoms with Gasteiger partial charge < -0.3 is 10.2 Å². The van der Waals surface area contributed by atoms with Gasteiger partial charge in [-0.3, -0.25) is 4.79 Å². The SMILES string of the molecule is CC(C)(C)[Si](C)(C)/C(=C\C=O)C(O)CCCO. The van der Waals surface area contributed by atoms with E-state index in [1.54, 1.807) is 0 Å². The minimum atomic E-state index is -1.87. The number of aliphatic hydroxyl groups is 2. The highest BCUT2D eigenvalue weighted by atomic mass is 28.3. The van der Waals surface area contributed by atoms with Gasteiger partial charge in [0.05, 0.1) is 14.2 Å². The third-order valence-electron chi connectivity index (χ3n) is 3.84. The highest BCUT2D eigenvalue weighted by Crippen LogP contribution is 2.42. The van der Waals surface area contributed by atoms with Crippen molar-refractivity contribution in [3.05, 3.63) is 11.3 Å². The van der Waals surface area contributed by atoms with Crippen LogP contribution in [0.15, 0.2) is 11.3 Å². The van der Waals surface area contributed by atoms with Gasteiger partial charge >= 0.3 is 0 Å². The van der Waals surface area contributed by atoms with Crippen molar-refractivity contribution in [2.75, 3.05) is 6.61 Å². The Morgan fingerprint density at radius 1 is 1.35 bits per heavy atom. The molecule has 3 nitrogen and oxygen atoms in total. The van der Waals surface area contributed by atoms with E-state index < -0.39 is 14.2 Å². The molecule has 0 aromatic carbocycles. The summed E-state index contributed by atoms with van der Waals surface area (Å²) in [6.07, 6.45) is 2.76. The molecule has 100 valence electrons. The van der Waals surface area contributed by atoms with Crippen molar-refractivity contribution in [2.24, 2.45) is 0 Å². The molecule has 0 bridgehead atoms. The Hall–Kier alpha value is -0.453. The van der Waals surface area contributed by atoms with Gasteiger partial charge in [0.2, 0.25) is 0 Å². The molecule has 0 radical (unpaired) electrons. The van der Waals surface area contributed by atoms with Crippen LogP contribution in [0, 0.1) is 0 Å². The molecule has 0 aliphatic heterocycles. The van der Waals surface area contributed by atoms with Crippen LogP contribution < -0.4 is 0 Å². The first-order valence-corrected chi connectivity index (χ1v) is 9.13. The Bertz CT molecular complexity index is 277. The molecule has 0 aliphatic rings. The summed E-state index contributed by atoms with van der Waals surface area (Å²) in [5.41, 5.74) is 0. The van der Waals surface area contributed by atoms with E-state index in [4.69, 9.17) is 5.11 Å². The van der Waals surface area contributed by atoms with E-state index in [-0.39, 0.29) is 11.6 Å². The number of carbonyl (C=O) groups excluding carboxylic acids is 1. The summed E-state index contributed by atoms with van der Waals surface area (Å²) in [4.78, 5) is 10.8. The van der Waals surface area contributed by atoms with Crippen molar-refractivity contribution in [1.29, 1.82) is 0 Å². The van der Waals surface area contributed by atoms with E-state index in [1.165, 1.54) is 6.08 Å². The van der Waals surface area contributed by atoms with Crippen molar-refractivity contribution in [1.82, 2.24) is 0 Å². The minimum Gasteiger partial charge on any atom is -0.396 e. The first-order valence-electron chi connectivity index (χ1n) is 6.13. The molecule has 17 heavy (non-hydrogen) atoms. The van der Waals surface area contributed by atoms with Crippen LogP contribution in [0.1, 0.15) is 33.6 Å². The molecule has 0 aliphatic carbocycles. The van der Waals surface area contributed by atoms with Crippen LogP contribution in [-0.2, 0) is 4.79 Å².